The van der Waals surface area contributed by atoms with Crippen LogP contribution >= 0.6 is 0 Å². The van der Waals surface area contributed by atoms with Gasteiger partial charge < -0.3 is 10.1 Å². The molecule has 0 aliphatic rings. The van der Waals surface area contributed by atoms with Gasteiger partial charge in [0, 0.05) is 43.9 Å². The first kappa shape index (κ1) is 15.1. The minimum absolute atomic E-state index is 0.605. The number of hydrogen-bond donors (Lipinski definition) is 1. The van der Waals surface area contributed by atoms with Crippen LogP contribution in [0, 0.1) is 0 Å². The SMILES string of the molecule is COCCNc1cc(-c2ccccn2)nc(-c2ccncc2)n1. The van der Waals surface area contributed by atoms with Crippen LogP contribution in [0.3, 0.4) is 0 Å². The summed E-state index contributed by atoms with van der Waals surface area (Å²) in [4.78, 5) is 17.6. The zero-order valence-electron chi connectivity index (χ0n) is 12.8. The fraction of sp³-hybridized carbons (Fsp3) is 0.176. The molecule has 0 radical (unpaired) electrons. The summed E-state index contributed by atoms with van der Waals surface area (Å²) in [6.07, 6.45) is 5.20. The second-order valence-corrected chi connectivity index (χ2v) is 4.83. The van der Waals surface area contributed by atoms with E-state index in [4.69, 9.17) is 4.74 Å². The molecule has 0 aromatic carbocycles. The second kappa shape index (κ2) is 7.42. The topological polar surface area (TPSA) is 72.8 Å². The molecule has 3 heterocycles. The van der Waals surface area contributed by atoms with Crippen molar-refractivity contribution in [3.8, 4) is 22.8 Å². The molecule has 0 aliphatic heterocycles. The zero-order chi connectivity index (χ0) is 15.9. The molecule has 0 unspecified atom stereocenters. The summed E-state index contributed by atoms with van der Waals surface area (Å²) >= 11 is 0. The van der Waals surface area contributed by atoms with E-state index in [1.807, 2.05) is 36.4 Å². The molecule has 0 aliphatic carbocycles. The van der Waals surface area contributed by atoms with Gasteiger partial charge in [-0.2, -0.15) is 0 Å². The summed E-state index contributed by atoms with van der Waals surface area (Å²) in [5.74, 6) is 1.37. The Morgan fingerprint density at radius 2 is 1.87 bits per heavy atom. The first-order chi connectivity index (χ1) is 11.4. The van der Waals surface area contributed by atoms with E-state index in [1.54, 1.807) is 25.7 Å². The van der Waals surface area contributed by atoms with Crippen LogP contribution < -0.4 is 5.32 Å². The summed E-state index contributed by atoms with van der Waals surface area (Å²) in [5, 5.41) is 3.25. The van der Waals surface area contributed by atoms with Crippen molar-refractivity contribution in [3.63, 3.8) is 0 Å². The van der Waals surface area contributed by atoms with Crippen molar-refractivity contribution in [2.45, 2.75) is 0 Å². The van der Waals surface area contributed by atoms with E-state index in [1.165, 1.54) is 0 Å². The van der Waals surface area contributed by atoms with Crippen LogP contribution in [-0.4, -0.2) is 40.2 Å². The van der Waals surface area contributed by atoms with E-state index in [2.05, 4.69) is 25.3 Å². The molecule has 0 amide bonds. The summed E-state index contributed by atoms with van der Waals surface area (Å²) in [7, 11) is 1.67. The van der Waals surface area contributed by atoms with E-state index < -0.39 is 0 Å². The number of methoxy groups -OCH3 is 1. The van der Waals surface area contributed by atoms with Gasteiger partial charge in [0.1, 0.15) is 5.82 Å². The molecule has 0 saturated heterocycles. The Bertz CT molecular complexity index is 692. The number of pyridine rings is 2. The largest absolute Gasteiger partial charge is 0.383 e. The van der Waals surface area contributed by atoms with Gasteiger partial charge in [0.2, 0.25) is 0 Å². The number of hydrogen-bond acceptors (Lipinski definition) is 6. The standard InChI is InChI=1S/C17H17N5O/c1-23-11-10-20-16-12-15(14-4-2-3-7-19-14)21-17(22-16)13-5-8-18-9-6-13/h2-9,12H,10-11H2,1H3,(H,20,21,22). The van der Waals surface area contributed by atoms with E-state index in [9.17, 15) is 0 Å². The van der Waals surface area contributed by atoms with Crippen LogP contribution in [0.1, 0.15) is 0 Å². The number of rotatable bonds is 6. The monoisotopic (exact) mass is 307 g/mol. The van der Waals surface area contributed by atoms with Gasteiger partial charge in [0.15, 0.2) is 5.82 Å². The third-order valence-electron chi connectivity index (χ3n) is 3.20. The van der Waals surface area contributed by atoms with Crippen molar-refractivity contribution >= 4 is 5.82 Å². The summed E-state index contributed by atoms with van der Waals surface area (Å²) in [6.45, 7) is 1.28. The van der Waals surface area contributed by atoms with Crippen LogP contribution in [0.25, 0.3) is 22.8 Å². The third kappa shape index (κ3) is 3.87. The van der Waals surface area contributed by atoms with Gasteiger partial charge >= 0.3 is 0 Å². The molecule has 116 valence electrons. The van der Waals surface area contributed by atoms with Crippen molar-refractivity contribution < 1.29 is 4.74 Å². The van der Waals surface area contributed by atoms with E-state index in [-0.39, 0.29) is 0 Å². The predicted octanol–water partition coefficient (Wildman–Crippen LogP) is 2.66. The Balaban J connectivity index is 2.00. The number of nitrogens with one attached hydrogen (secondary N) is 1. The summed E-state index contributed by atoms with van der Waals surface area (Å²) in [5.41, 5.74) is 2.49. The van der Waals surface area contributed by atoms with Gasteiger partial charge in [-0.1, -0.05) is 6.07 Å². The molecular weight excluding hydrogens is 290 g/mol. The van der Waals surface area contributed by atoms with Gasteiger partial charge in [-0.05, 0) is 24.3 Å². The molecule has 0 fully saturated rings. The number of aromatic nitrogens is 4. The van der Waals surface area contributed by atoms with Gasteiger partial charge in [-0.15, -0.1) is 0 Å². The molecule has 3 rings (SSSR count). The Kier molecular flexibility index (Phi) is 4.85. The fourth-order valence-electron chi connectivity index (χ4n) is 2.09. The van der Waals surface area contributed by atoms with Gasteiger partial charge in [-0.25, -0.2) is 9.97 Å². The highest BCUT2D eigenvalue weighted by Crippen LogP contribution is 2.22. The highest BCUT2D eigenvalue weighted by Gasteiger charge is 2.09. The lowest BCUT2D eigenvalue weighted by Gasteiger charge is -2.09. The maximum atomic E-state index is 5.07. The van der Waals surface area contributed by atoms with Crippen LogP contribution in [-0.2, 0) is 4.74 Å². The Morgan fingerprint density at radius 1 is 1.00 bits per heavy atom. The van der Waals surface area contributed by atoms with Crippen molar-refractivity contribution in [3.05, 3.63) is 55.0 Å². The lowest BCUT2D eigenvalue weighted by Crippen LogP contribution is -2.10. The van der Waals surface area contributed by atoms with Crippen LogP contribution in [0.4, 0.5) is 5.82 Å². The Labute approximate surface area is 134 Å². The summed E-state index contributed by atoms with van der Waals surface area (Å²) < 4.78 is 5.07. The van der Waals surface area contributed by atoms with E-state index in [0.29, 0.717) is 19.0 Å². The normalized spacial score (nSPS) is 10.5. The van der Waals surface area contributed by atoms with Gasteiger partial charge in [-0.3, -0.25) is 9.97 Å². The van der Waals surface area contributed by atoms with Gasteiger partial charge in [0.25, 0.3) is 0 Å². The molecule has 0 bridgehead atoms. The zero-order valence-corrected chi connectivity index (χ0v) is 12.8. The first-order valence-electron chi connectivity index (χ1n) is 7.30. The predicted molar refractivity (Wildman–Crippen MR) is 88.9 cm³/mol. The average molecular weight is 307 g/mol. The molecule has 3 aromatic heterocycles. The maximum absolute atomic E-state index is 5.07. The lowest BCUT2D eigenvalue weighted by molar-refractivity contribution is 0.210. The van der Waals surface area contributed by atoms with E-state index in [0.717, 1.165) is 22.8 Å². The molecule has 23 heavy (non-hydrogen) atoms. The number of nitrogens with zero attached hydrogens (tertiary/aromatic N) is 4. The average Bonchev–Trinajstić information content (AvgIpc) is 2.63. The van der Waals surface area contributed by atoms with Crippen LogP contribution in [0.5, 0.6) is 0 Å². The molecule has 0 atom stereocenters. The molecule has 6 nitrogen and oxygen atoms in total. The molecular formula is C17H17N5O. The maximum Gasteiger partial charge on any atom is 0.162 e. The number of anilines is 1. The first-order valence-corrected chi connectivity index (χ1v) is 7.30. The van der Waals surface area contributed by atoms with Crippen molar-refractivity contribution in [2.75, 3.05) is 25.6 Å². The minimum Gasteiger partial charge on any atom is -0.383 e. The molecule has 1 N–H and O–H groups in total. The summed E-state index contributed by atoms with van der Waals surface area (Å²) in [6, 6.07) is 11.4. The van der Waals surface area contributed by atoms with Crippen LogP contribution in [0.15, 0.2) is 55.0 Å². The van der Waals surface area contributed by atoms with Gasteiger partial charge in [0.05, 0.1) is 18.0 Å². The van der Waals surface area contributed by atoms with Crippen molar-refractivity contribution in [2.24, 2.45) is 0 Å². The molecule has 0 spiro atoms. The van der Waals surface area contributed by atoms with Crippen LogP contribution in [0.2, 0.25) is 0 Å². The Morgan fingerprint density at radius 3 is 2.61 bits per heavy atom. The molecule has 6 heteroatoms. The van der Waals surface area contributed by atoms with Crippen molar-refractivity contribution in [1.82, 2.24) is 19.9 Å². The van der Waals surface area contributed by atoms with Crippen molar-refractivity contribution in [1.29, 1.82) is 0 Å². The number of ether oxygens (including phenoxy) is 1. The quantitative estimate of drug-likeness (QED) is 0.706. The molecule has 0 saturated carbocycles. The highest BCUT2D eigenvalue weighted by atomic mass is 16.5. The molecule has 3 aromatic rings. The smallest absolute Gasteiger partial charge is 0.162 e. The lowest BCUT2D eigenvalue weighted by atomic mass is 10.2. The highest BCUT2D eigenvalue weighted by molar-refractivity contribution is 5.65. The minimum atomic E-state index is 0.605. The second-order valence-electron chi connectivity index (χ2n) is 4.83. The Hall–Kier alpha value is -2.86. The third-order valence-corrected chi connectivity index (χ3v) is 3.20. The fourth-order valence-corrected chi connectivity index (χ4v) is 2.09. The van der Waals surface area contributed by atoms with E-state index >= 15 is 0 Å².